The summed E-state index contributed by atoms with van der Waals surface area (Å²) in [5.41, 5.74) is 4.93. The van der Waals surface area contributed by atoms with Crippen molar-refractivity contribution in [2.75, 3.05) is 5.32 Å². The maximum atomic E-state index is 12.6. The molecule has 0 radical (unpaired) electrons. The third kappa shape index (κ3) is 3.56. The lowest BCUT2D eigenvalue weighted by molar-refractivity contribution is 0.102. The second-order valence-electron chi connectivity index (χ2n) is 6.08. The molecular formula is C18H18N4O2S. The fraction of sp³-hybridized carbons (Fsp3) is 0.278. The molecule has 1 amide bonds. The number of H-pyrrole nitrogens is 1. The molecule has 1 fully saturated rings. The summed E-state index contributed by atoms with van der Waals surface area (Å²) in [6.07, 6.45) is 5.24. The molecule has 0 spiro atoms. The Hall–Kier alpha value is -2.67. The van der Waals surface area contributed by atoms with E-state index in [1.54, 1.807) is 11.7 Å². The van der Waals surface area contributed by atoms with Gasteiger partial charge in [0.25, 0.3) is 5.91 Å². The molecule has 1 saturated carbocycles. The lowest BCUT2D eigenvalue weighted by Gasteiger charge is -2.25. The van der Waals surface area contributed by atoms with Crippen molar-refractivity contribution in [3.05, 3.63) is 58.3 Å². The summed E-state index contributed by atoms with van der Waals surface area (Å²) in [6, 6.07) is 7.36. The van der Waals surface area contributed by atoms with Gasteiger partial charge in [-0.1, -0.05) is 12.5 Å². The van der Waals surface area contributed by atoms with Crippen LogP contribution in [0.2, 0.25) is 0 Å². The molecule has 2 heterocycles. The largest absolute Gasteiger partial charge is 0.487 e. The molecule has 1 aliphatic carbocycles. The Bertz CT molecular complexity index is 856. The average Bonchev–Trinajstić information content (AvgIpc) is 3.23. The van der Waals surface area contributed by atoms with Crippen LogP contribution in [0, 0.1) is 0 Å². The van der Waals surface area contributed by atoms with E-state index in [4.69, 9.17) is 4.74 Å². The van der Waals surface area contributed by atoms with Gasteiger partial charge in [-0.15, -0.1) is 11.3 Å². The highest BCUT2D eigenvalue weighted by Crippen LogP contribution is 2.37. The number of carbonyl (C=O) groups excluding carboxylic acids is 1. The van der Waals surface area contributed by atoms with E-state index in [2.05, 4.69) is 20.5 Å². The zero-order valence-corrected chi connectivity index (χ0v) is 14.4. The predicted octanol–water partition coefficient (Wildman–Crippen LogP) is 3.97. The van der Waals surface area contributed by atoms with Crippen molar-refractivity contribution >= 4 is 22.9 Å². The van der Waals surface area contributed by atoms with Gasteiger partial charge < -0.3 is 10.1 Å². The fourth-order valence-electron chi connectivity index (χ4n) is 2.83. The Labute approximate surface area is 149 Å². The van der Waals surface area contributed by atoms with Gasteiger partial charge in [-0.25, -0.2) is 4.98 Å². The third-order valence-electron chi connectivity index (χ3n) is 4.40. The number of benzene rings is 1. The maximum absolute atomic E-state index is 12.6. The summed E-state index contributed by atoms with van der Waals surface area (Å²) in [6.45, 7) is 0.410. The Balaban J connectivity index is 1.43. The van der Waals surface area contributed by atoms with Crippen molar-refractivity contribution in [1.29, 1.82) is 0 Å². The lowest BCUT2D eigenvalue weighted by atomic mass is 9.80. The molecule has 25 heavy (non-hydrogen) atoms. The van der Waals surface area contributed by atoms with Gasteiger partial charge in [0.1, 0.15) is 18.1 Å². The van der Waals surface area contributed by atoms with E-state index < -0.39 is 0 Å². The van der Waals surface area contributed by atoms with Crippen molar-refractivity contribution < 1.29 is 9.53 Å². The van der Waals surface area contributed by atoms with Gasteiger partial charge in [-0.2, -0.15) is 5.10 Å². The molecule has 2 aromatic heterocycles. The lowest BCUT2D eigenvalue weighted by Crippen LogP contribution is -2.18. The first-order valence-electron chi connectivity index (χ1n) is 8.24. The summed E-state index contributed by atoms with van der Waals surface area (Å²) in [5, 5.41) is 11.7. The topological polar surface area (TPSA) is 79.9 Å². The summed E-state index contributed by atoms with van der Waals surface area (Å²) >= 11 is 1.54. The number of thiazole rings is 1. The molecule has 0 unspecified atom stereocenters. The van der Waals surface area contributed by atoms with E-state index in [-0.39, 0.29) is 5.91 Å². The van der Waals surface area contributed by atoms with Gasteiger partial charge in [0.15, 0.2) is 0 Å². The van der Waals surface area contributed by atoms with Crippen LogP contribution in [0.1, 0.15) is 46.9 Å². The van der Waals surface area contributed by atoms with E-state index in [0.717, 1.165) is 24.1 Å². The quantitative estimate of drug-likeness (QED) is 0.702. The summed E-state index contributed by atoms with van der Waals surface area (Å²) in [4.78, 5) is 16.8. The van der Waals surface area contributed by atoms with Crippen LogP contribution in [-0.2, 0) is 6.61 Å². The molecule has 128 valence electrons. The Morgan fingerprint density at radius 1 is 1.40 bits per heavy atom. The molecule has 0 saturated heterocycles. The van der Waals surface area contributed by atoms with Crippen molar-refractivity contribution in [1.82, 2.24) is 15.2 Å². The van der Waals surface area contributed by atoms with Crippen LogP contribution >= 0.6 is 11.3 Å². The molecule has 1 aliphatic rings. The zero-order valence-electron chi connectivity index (χ0n) is 13.6. The minimum Gasteiger partial charge on any atom is -0.487 e. The molecule has 4 rings (SSSR count). The summed E-state index contributed by atoms with van der Waals surface area (Å²) in [7, 11) is 0. The Kier molecular flexibility index (Phi) is 4.47. The molecule has 0 bridgehead atoms. The minimum atomic E-state index is -0.170. The molecule has 0 atom stereocenters. The van der Waals surface area contributed by atoms with Crippen LogP contribution in [0.4, 0.5) is 5.69 Å². The number of hydrogen-bond donors (Lipinski definition) is 2. The Morgan fingerprint density at radius 3 is 3.08 bits per heavy atom. The highest BCUT2D eigenvalue weighted by Gasteiger charge is 2.26. The second-order valence-corrected chi connectivity index (χ2v) is 6.80. The van der Waals surface area contributed by atoms with Crippen molar-refractivity contribution in [3.8, 4) is 5.75 Å². The van der Waals surface area contributed by atoms with Gasteiger partial charge >= 0.3 is 0 Å². The standard InChI is InChI=1S/C18H18N4O2S/c23-18(17-16(8-20-22-17)12-3-1-4-12)21-13-5-2-6-15(7-13)24-9-14-10-25-11-19-14/h2,5-8,10-12H,1,3-4,9H2,(H,20,22)(H,21,23). The number of nitrogens with one attached hydrogen (secondary N) is 2. The Morgan fingerprint density at radius 2 is 2.32 bits per heavy atom. The van der Waals surface area contributed by atoms with Crippen LogP contribution in [-0.4, -0.2) is 21.1 Å². The summed E-state index contributed by atoms with van der Waals surface area (Å²) in [5.74, 6) is 0.970. The molecule has 0 aliphatic heterocycles. The van der Waals surface area contributed by atoms with Crippen molar-refractivity contribution in [2.24, 2.45) is 0 Å². The monoisotopic (exact) mass is 354 g/mol. The third-order valence-corrected chi connectivity index (χ3v) is 5.04. The van der Waals surface area contributed by atoms with Crippen molar-refractivity contribution in [3.63, 3.8) is 0 Å². The van der Waals surface area contributed by atoms with Gasteiger partial charge in [0, 0.05) is 22.7 Å². The molecule has 3 aromatic rings. The van der Waals surface area contributed by atoms with Crippen molar-refractivity contribution in [2.45, 2.75) is 31.8 Å². The number of rotatable bonds is 6. The summed E-state index contributed by atoms with van der Waals surface area (Å²) < 4.78 is 5.72. The van der Waals surface area contributed by atoms with Crippen LogP contribution in [0.25, 0.3) is 0 Å². The normalized spacial score (nSPS) is 14.1. The van der Waals surface area contributed by atoms with Crippen LogP contribution < -0.4 is 10.1 Å². The van der Waals surface area contributed by atoms with Gasteiger partial charge in [0.05, 0.1) is 17.4 Å². The first kappa shape index (κ1) is 15.8. The maximum Gasteiger partial charge on any atom is 0.273 e. The van der Waals surface area contributed by atoms with E-state index in [1.165, 1.54) is 17.8 Å². The first-order chi connectivity index (χ1) is 12.3. The molecule has 6 nitrogen and oxygen atoms in total. The SMILES string of the molecule is O=C(Nc1cccc(OCc2cscn2)c1)c1[nH]ncc1C1CCC1. The number of aromatic amines is 1. The average molecular weight is 354 g/mol. The van der Waals surface area contributed by atoms with Gasteiger partial charge in [-0.05, 0) is 30.9 Å². The van der Waals surface area contributed by atoms with Gasteiger partial charge in [0.2, 0.25) is 0 Å². The van der Waals surface area contributed by atoms with E-state index in [9.17, 15) is 4.79 Å². The minimum absolute atomic E-state index is 0.170. The van der Waals surface area contributed by atoms with E-state index >= 15 is 0 Å². The smallest absolute Gasteiger partial charge is 0.273 e. The van der Waals surface area contributed by atoms with Crippen LogP contribution in [0.5, 0.6) is 5.75 Å². The predicted molar refractivity (Wildman–Crippen MR) is 96.0 cm³/mol. The van der Waals surface area contributed by atoms with Crippen LogP contribution in [0.3, 0.4) is 0 Å². The molecule has 2 N–H and O–H groups in total. The molecular weight excluding hydrogens is 336 g/mol. The highest BCUT2D eigenvalue weighted by molar-refractivity contribution is 7.07. The molecule has 7 heteroatoms. The zero-order chi connectivity index (χ0) is 17.1. The number of ether oxygens (including phenoxy) is 1. The van der Waals surface area contributed by atoms with E-state index in [0.29, 0.717) is 29.7 Å². The fourth-order valence-corrected chi connectivity index (χ4v) is 3.37. The number of aromatic nitrogens is 3. The van der Waals surface area contributed by atoms with Crippen LogP contribution in [0.15, 0.2) is 41.4 Å². The number of anilines is 1. The number of carbonyl (C=O) groups is 1. The van der Waals surface area contributed by atoms with Gasteiger partial charge in [-0.3, -0.25) is 9.89 Å². The number of hydrogen-bond acceptors (Lipinski definition) is 5. The highest BCUT2D eigenvalue weighted by atomic mass is 32.1. The number of amides is 1. The van der Waals surface area contributed by atoms with E-state index in [1.807, 2.05) is 29.6 Å². The first-order valence-corrected chi connectivity index (χ1v) is 9.18. The number of nitrogens with zero attached hydrogens (tertiary/aromatic N) is 2. The molecule has 1 aromatic carbocycles. The second kappa shape index (κ2) is 7.06.